The monoisotopic (exact) mass is 248 g/mol. The maximum atomic E-state index is 11.2. The van der Waals surface area contributed by atoms with Crippen LogP contribution in [0.15, 0.2) is 24.3 Å². The molecule has 0 aromatic heterocycles. The molecule has 1 aliphatic carbocycles. The van der Waals surface area contributed by atoms with Crippen molar-refractivity contribution in [3.63, 3.8) is 0 Å². The number of ether oxygens (including phenoxy) is 1. The normalized spacial score (nSPS) is 18.2. The molecule has 2 atom stereocenters. The second kappa shape index (κ2) is 5.53. The average molecular weight is 248 g/mol. The molecule has 1 fully saturated rings. The molecular formula is C15H20O3. The molecule has 3 heteroatoms. The van der Waals surface area contributed by atoms with Crippen LogP contribution in [0.5, 0.6) is 0 Å². The van der Waals surface area contributed by atoms with Crippen molar-refractivity contribution in [1.82, 2.24) is 0 Å². The number of carbonyl (C=O) groups is 1. The van der Waals surface area contributed by atoms with Crippen LogP contribution in [-0.2, 0) is 9.53 Å². The molecule has 98 valence electrons. The zero-order chi connectivity index (χ0) is 13.1. The van der Waals surface area contributed by atoms with Crippen molar-refractivity contribution in [3.05, 3.63) is 35.4 Å². The summed E-state index contributed by atoms with van der Waals surface area (Å²) in [4.78, 5) is 11.2. The van der Waals surface area contributed by atoms with Crippen LogP contribution in [0.1, 0.15) is 49.3 Å². The van der Waals surface area contributed by atoms with Gasteiger partial charge in [0.25, 0.3) is 0 Å². The summed E-state index contributed by atoms with van der Waals surface area (Å²) in [6, 6.07) is 8.10. The number of aliphatic hydroxyl groups excluding tert-OH is 1. The van der Waals surface area contributed by atoms with Gasteiger partial charge in [-0.15, -0.1) is 0 Å². The molecule has 1 aromatic carbocycles. The SMILES string of the molecule is COC(=O)CC(C)C(O)c1ccc(C2CC2)cc1. The second-order valence-corrected chi connectivity index (χ2v) is 5.14. The summed E-state index contributed by atoms with van der Waals surface area (Å²) in [5.41, 5.74) is 2.22. The molecule has 0 bridgehead atoms. The van der Waals surface area contributed by atoms with Gasteiger partial charge in [0.15, 0.2) is 0 Å². The van der Waals surface area contributed by atoms with Crippen LogP contribution in [0.4, 0.5) is 0 Å². The number of esters is 1. The lowest BCUT2D eigenvalue weighted by molar-refractivity contribution is -0.142. The molecule has 1 aromatic rings. The number of hydrogen-bond acceptors (Lipinski definition) is 3. The molecular weight excluding hydrogens is 228 g/mol. The molecule has 1 N–H and O–H groups in total. The van der Waals surface area contributed by atoms with Crippen LogP contribution in [0.3, 0.4) is 0 Å². The summed E-state index contributed by atoms with van der Waals surface area (Å²) in [5.74, 6) is 0.309. The van der Waals surface area contributed by atoms with Gasteiger partial charge in [0, 0.05) is 0 Å². The minimum atomic E-state index is -0.614. The Morgan fingerprint density at radius 3 is 2.50 bits per heavy atom. The van der Waals surface area contributed by atoms with Gasteiger partial charge in [-0.3, -0.25) is 4.79 Å². The Morgan fingerprint density at radius 1 is 1.39 bits per heavy atom. The van der Waals surface area contributed by atoms with E-state index in [2.05, 4.69) is 16.9 Å². The lowest BCUT2D eigenvalue weighted by Crippen LogP contribution is -2.14. The number of aliphatic hydroxyl groups is 1. The molecule has 0 heterocycles. The topological polar surface area (TPSA) is 46.5 Å². The maximum Gasteiger partial charge on any atom is 0.305 e. The first-order valence-electron chi connectivity index (χ1n) is 6.46. The van der Waals surface area contributed by atoms with Crippen molar-refractivity contribution in [2.24, 2.45) is 5.92 Å². The molecule has 0 aliphatic heterocycles. The lowest BCUT2D eigenvalue weighted by Gasteiger charge is -2.18. The fraction of sp³-hybridized carbons (Fsp3) is 0.533. The predicted octanol–water partition coefficient (Wildman–Crippen LogP) is 2.80. The minimum absolute atomic E-state index is 0.135. The molecule has 0 spiro atoms. The molecule has 0 saturated heterocycles. The summed E-state index contributed by atoms with van der Waals surface area (Å²) in [6.45, 7) is 1.86. The summed E-state index contributed by atoms with van der Waals surface area (Å²) >= 11 is 0. The van der Waals surface area contributed by atoms with Crippen molar-refractivity contribution < 1.29 is 14.6 Å². The first kappa shape index (κ1) is 13.1. The van der Waals surface area contributed by atoms with Gasteiger partial charge in [0.05, 0.1) is 19.6 Å². The van der Waals surface area contributed by atoms with E-state index in [1.807, 2.05) is 19.1 Å². The van der Waals surface area contributed by atoms with E-state index in [1.54, 1.807) is 0 Å². The van der Waals surface area contributed by atoms with Crippen molar-refractivity contribution in [3.8, 4) is 0 Å². The first-order chi connectivity index (χ1) is 8.61. The smallest absolute Gasteiger partial charge is 0.305 e. The van der Waals surface area contributed by atoms with Gasteiger partial charge in [-0.1, -0.05) is 31.2 Å². The molecule has 2 unspecified atom stereocenters. The van der Waals surface area contributed by atoms with E-state index in [0.717, 1.165) is 11.5 Å². The summed E-state index contributed by atoms with van der Waals surface area (Å²) in [6.07, 6.45) is 2.18. The Kier molecular flexibility index (Phi) is 4.02. The molecule has 3 nitrogen and oxygen atoms in total. The summed E-state index contributed by atoms with van der Waals surface area (Å²) in [7, 11) is 1.37. The Labute approximate surface area is 108 Å². The van der Waals surface area contributed by atoms with E-state index in [1.165, 1.54) is 25.5 Å². The van der Waals surface area contributed by atoms with Gasteiger partial charge < -0.3 is 9.84 Å². The van der Waals surface area contributed by atoms with Crippen molar-refractivity contribution >= 4 is 5.97 Å². The third-order valence-electron chi connectivity index (χ3n) is 3.58. The van der Waals surface area contributed by atoms with Crippen LogP contribution >= 0.6 is 0 Å². The van der Waals surface area contributed by atoms with Crippen LogP contribution in [-0.4, -0.2) is 18.2 Å². The zero-order valence-electron chi connectivity index (χ0n) is 10.9. The van der Waals surface area contributed by atoms with E-state index in [0.29, 0.717) is 0 Å². The molecule has 18 heavy (non-hydrogen) atoms. The Morgan fingerprint density at radius 2 is 2.00 bits per heavy atom. The number of methoxy groups -OCH3 is 1. The quantitative estimate of drug-likeness (QED) is 0.815. The second-order valence-electron chi connectivity index (χ2n) is 5.14. The molecule has 0 amide bonds. The number of carbonyl (C=O) groups excluding carboxylic acids is 1. The maximum absolute atomic E-state index is 11.2. The summed E-state index contributed by atoms with van der Waals surface area (Å²) in [5, 5.41) is 10.2. The molecule has 2 rings (SSSR count). The zero-order valence-corrected chi connectivity index (χ0v) is 10.9. The third kappa shape index (κ3) is 3.10. The highest BCUT2D eigenvalue weighted by Gasteiger charge is 2.24. The number of benzene rings is 1. The van der Waals surface area contributed by atoms with Crippen LogP contribution < -0.4 is 0 Å². The molecule has 1 saturated carbocycles. The highest BCUT2D eigenvalue weighted by atomic mass is 16.5. The Hall–Kier alpha value is -1.35. The fourth-order valence-corrected chi connectivity index (χ4v) is 2.17. The van der Waals surface area contributed by atoms with E-state index < -0.39 is 6.10 Å². The fourth-order valence-electron chi connectivity index (χ4n) is 2.17. The summed E-state index contributed by atoms with van der Waals surface area (Å²) < 4.78 is 4.62. The highest BCUT2D eigenvalue weighted by Crippen LogP contribution is 2.40. The predicted molar refractivity (Wildman–Crippen MR) is 69.2 cm³/mol. The van der Waals surface area contributed by atoms with Crippen molar-refractivity contribution in [1.29, 1.82) is 0 Å². The van der Waals surface area contributed by atoms with E-state index in [4.69, 9.17) is 0 Å². The van der Waals surface area contributed by atoms with E-state index in [9.17, 15) is 9.90 Å². The number of hydrogen-bond donors (Lipinski definition) is 1. The van der Waals surface area contributed by atoms with Crippen molar-refractivity contribution in [2.45, 2.75) is 38.2 Å². The van der Waals surface area contributed by atoms with E-state index >= 15 is 0 Å². The van der Waals surface area contributed by atoms with Gasteiger partial charge in [-0.05, 0) is 35.8 Å². The van der Waals surface area contributed by atoms with Gasteiger partial charge in [-0.2, -0.15) is 0 Å². The largest absolute Gasteiger partial charge is 0.469 e. The van der Waals surface area contributed by atoms with Gasteiger partial charge in [-0.25, -0.2) is 0 Å². The Bertz CT molecular complexity index is 406. The average Bonchev–Trinajstić information content (AvgIpc) is 3.22. The molecule has 0 radical (unpaired) electrons. The number of rotatable bonds is 5. The lowest BCUT2D eigenvalue weighted by atomic mass is 9.93. The first-order valence-corrected chi connectivity index (χ1v) is 6.46. The van der Waals surface area contributed by atoms with Gasteiger partial charge in [0.1, 0.15) is 0 Å². The van der Waals surface area contributed by atoms with E-state index in [-0.39, 0.29) is 18.3 Å². The van der Waals surface area contributed by atoms with Gasteiger partial charge in [0.2, 0.25) is 0 Å². The standard InChI is InChI=1S/C15H20O3/c1-10(9-14(16)18-2)15(17)13-7-5-12(6-8-13)11-3-4-11/h5-8,10-11,15,17H,3-4,9H2,1-2H3. The minimum Gasteiger partial charge on any atom is -0.469 e. The third-order valence-corrected chi connectivity index (χ3v) is 3.58. The van der Waals surface area contributed by atoms with Crippen LogP contribution in [0.25, 0.3) is 0 Å². The molecule has 1 aliphatic rings. The van der Waals surface area contributed by atoms with Gasteiger partial charge >= 0.3 is 5.97 Å². The Balaban J connectivity index is 1.98. The van der Waals surface area contributed by atoms with Crippen LogP contribution in [0, 0.1) is 5.92 Å². The van der Waals surface area contributed by atoms with Crippen molar-refractivity contribution in [2.75, 3.05) is 7.11 Å². The highest BCUT2D eigenvalue weighted by molar-refractivity contribution is 5.69. The van der Waals surface area contributed by atoms with Crippen LogP contribution in [0.2, 0.25) is 0 Å².